The van der Waals surface area contributed by atoms with Gasteiger partial charge >= 0.3 is 0 Å². The summed E-state index contributed by atoms with van der Waals surface area (Å²) in [5.74, 6) is 2.00. The van der Waals surface area contributed by atoms with Crippen LogP contribution in [0.2, 0.25) is 0 Å². The van der Waals surface area contributed by atoms with E-state index in [1.807, 2.05) is 4.90 Å². The monoisotopic (exact) mass is 304 g/mol. The Balaban J connectivity index is 1.76. The molecule has 2 aliphatic rings. The maximum absolute atomic E-state index is 12.8. The Morgan fingerprint density at radius 1 is 1.36 bits per heavy atom. The number of allylic oxidation sites excluding steroid dienone is 1. The zero-order chi connectivity index (χ0) is 15.5. The number of aromatic nitrogens is 3. The molecule has 2 heterocycles. The minimum Gasteiger partial charge on any atom is -0.377 e. The summed E-state index contributed by atoms with van der Waals surface area (Å²) in [6.07, 6.45) is 7.16. The van der Waals surface area contributed by atoms with Gasteiger partial charge < -0.3 is 14.2 Å². The van der Waals surface area contributed by atoms with E-state index in [0.717, 1.165) is 49.4 Å². The van der Waals surface area contributed by atoms with Crippen molar-refractivity contribution in [3.63, 3.8) is 0 Å². The van der Waals surface area contributed by atoms with Crippen LogP contribution in [0, 0.1) is 0 Å². The molecule has 0 saturated carbocycles. The third-order valence-corrected chi connectivity index (χ3v) is 4.58. The van der Waals surface area contributed by atoms with Gasteiger partial charge in [-0.25, -0.2) is 0 Å². The fourth-order valence-corrected chi connectivity index (χ4v) is 3.34. The standard InChI is InChI=1S/C16H24N4O2/c1-12-10-14-17-18-15(11-22-2)20(14)9-8-19(12)16(21)13-6-4-3-5-7-13/h6,12H,3-5,7-11H2,1-2H3. The van der Waals surface area contributed by atoms with Gasteiger partial charge in [0, 0.05) is 38.2 Å². The van der Waals surface area contributed by atoms with Gasteiger partial charge in [-0.05, 0) is 32.6 Å². The van der Waals surface area contributed by atoms with Crippen LogP contribution in [0.5, 0.6) is 0 Å². The van der Waals surface area contributed by atoms with E-state index in [2.05, 4.69) is 27.8 Å². The minimum atomic E-state index is 0.149. The number of hydrogen-bond donors (Lipinski definition) is 0. The zero-order valence-corrected chi connectivity index (χ0v) is 13.4. The molecule has 0 N–H and O–H groups in total. The first-order valence-corrected chi connectivity index (χ1v) is 8.10. The van der Waals surface area contributed by atoms with Crippen molar-refractivity contribution in [2.45, 2.75) is 58.2 Å². The Morgan fingerprint density at radius 2 is 2.23 bits per heavy atom. The van der Waals surface area contributed by atoms with Crippen molar-refractivity contribution in [2.75, 3.05) is 13.7 Å². The van der Waals surface area contributed by atoms with Gasteiger partial charge in [0.25, 0.3) is 0 Å². The van der Waals surface area contributed by atoms with Gasteiger partial charge in [-0.2, -0.15) is 0 Å². The lowest BCUT2D eigenvalue weighted by Crippen LogP contribution is -2.41. The van der Waals surface area contributed by atoms with Crippen molar-refractivity contribution < 1.29 is 9.53 Å². The van der Waals surface area contributed by atoms with Crippen molar-refractivity contribution in [1.82, 2.24) is 19.7 Å². The molecule has 1 aromatic rings. The molecule has 0 radical (unpaired) electrons. The molecule has 0 saturated heterocycles. The lowest BCUT2D eigenvalue weighted by Gasteiger charge is -2.28. The molecule has 0 spiro atoms. The van der Waals surface area contributed by atoms with Crippen LogP contribution < -0.4 is 0 Å². The average molecular weight is 304 g/mol. The number of carbonyl (C=O) groups is 1. The van der Waals surface area contributed by atoms with Gasteiger partial charge in [-0.15, -0.1) is 10.2 Å². The minimum absolute atomic E-state index is 0.149. The lowest BCUT2D eigenvalue weighted by molar-refractivity contribution is -0.129. The van der Waals surface area contributed by atoms with E-state index in [-0.39, 0.29) is 11.9 Å². The summed E-state index contributed by atoms with van der Waals surface area (Å²) in [5, 5.41) is 8.47. The predicted molar refractivity (Wildman–Crippen MR) is 82.2 cm³/mol. The van der Waals surface area contributed by atoms with E-state index in [1.54, 1.807) is 7.11 Å². The van der Waals surface area contributed by atoms with Crippen LogP contribution in [0.4, 0.5) is 0 Å². The number of nitrogens with zero attached hydrogens (tertiary/aromatic N) is 4. The number of hydrogen-bond acceptors (Lipinski definition) is 4. The van der Waals surface area contributed by atoms with E-state index in [4.69, 9.17) is 4.74 Å². The Morgan fingerprint density at radius 3 is 2.95 bits per heavy atom. The molecular formula is C16H24N4O2. The summed E-state index contributed by atoms with van der Waals surface area (Å²) >= 11 is 0. The third kappa shape index (κ3) is 2.92. The van der Waals surface area contributed by atoms with Crippen LogP contribution in [0.25, 0.3) is 0 Å². The van der Waals surface area contributed by atoms with Gasteiger partial charge in [0.05, 0.1) is 0 Å². The van der Waals surface area contributed by atoms with Crippen molar-refractivity contribution in [1.29, 1.82) is 0 Å². The predicted octanol–water partition coefficient (Wildman–Crippen LogP) is 1.70. The van der Waals surface area contributed by atoms with Crippen LogP contribution in [0.1, 0.15) is 44.3 Å². The normalized spacial score (nSPS) is 22.0. The van der Waals surface area contributed by atoms with Crippen molar-refractivity contribution in [3.8, 4) is 0 Å². The number of ether oxygens (including phenoxy) is 1. The van der Waals surface area contributed by atoms with Crippen molar-refractivity contribution in [3.05, 3.63) is 23.3 Å². The first-order chi connectivity index (χ1) is 10.7. The summed E-state index contributed by atoms with van der Waals surface area (Å²) in [6.45, 7) is 4.01. The summed E-state index contributed by atoms with van der Waals surface area (Å²) in [5.41, 5.74) is 0.993. The number of methoxy groups -OCH3 is 1. The maximum Gasteiger partial charge on any atom is 0.249 e. The SMILES string of the molecule is COCc1nnc2n1CCN(C(=O)C1=CCCCC1)C(C)C2. The van der Waals surface area contributed by atoms with Gasteiger partial charge in [0.15, 0.2) is 5.82 Å². The number of carbonyl (C=O) groups excluding carboxylic acids is 1. The summed E-state index contributed by atoms with van der Waals surface area (Å²) in [6, 6.07) is 0.149. The third-order valence-electron chi connectivity index (χ3n) is 4.58. The zero-order valence-electron chi connectivity index (χ0n) is 13.4. The second-order valence-electron chi connectivity index (χ2n) is 6.14. The molecule has 0 aromatic carbocycles. The first-order valence-electron chi connectivity index (χ1n) is 8.10. The first kappa shape index (κ1) is 15.2. The fourth-order valence-electron chi connectivity index (χ4n) is 3.34. The quantitative estimate of drug-likeness (QED) is 0.853. The van der Waals surface area contributed by atoms with Crippen LogP contribution in [-0.4, -0.2) is 45.3 Å². The Labute approximate surface area is 131 Å². The molecule has 120 valence electrons. The van der Waals surface area contributed by atoms with E-state index in [9.17, 15) is 4.79 Å². The van der Waals surface area contributed by atoms with E-state index in [0.29, 0.717) is 13.2 Å². The number of fused-ring (bicyclic) bond motifs is 1. The Bertz CT molecular complexity index is 579. The largest absolute Gasteiger partial charge is 0.377 e. The van der Waals surface area contributed by atoms with Crippen LogP contribution in [0.15, 0.2) is 11.6 Å². The van der Waals surface area contributed by atoms with E-state index < -0.39 is 0 Å². The van der Waals surface area contributed by atoms with Crippen LogP contribution in [0.3, 0.4) is 0 Å². The van der Waals surface area contributed by atoms with Gasteiger partial charge in [-0.3, -0.25) is 4.79 Å². The molecule has 6 heteroatoms. The van der Waals surface area contributed by atoms with Crippen molar-refractivity contribution in [2.24, 2.45) is 0 Å². The Kier molecular flexibility index (Phi) is 4.57. The van der Waals surface area contributed by atoms with Crippen LogP contribution in [-0.2, 0) is 29.1 Å². The molecule has 1 unspecified atom stereocenters. The number of amides is 1. The summed E-state index contributed by atoms with van der Waals surface area (Å²) in [4.78, 5) is 14.8. The lowest BCUT2D eigenvalue weighted by atomic mass is 9.98. The van der Waals surface area contributed by atoms with Crippen LogP contribution >= 0.6 is 0 Å². The van der Waals surface area contributed by atoms with Gasteiger partial charge in [-0.1, -0.05) is 6.08 Å². The highest BCUT2D eigenvalue weighted by atomic mass is 16.5. The number of rotatable bonds is 3. The molecule has 1 aromatic heterocycles. The molecule has 6 nitrogen and oxygen atoms in total. The molecule has 22 heavy (non-hydrogen) atoms. The van der Waals surface area contributed by atoms with Crippen molar-refractivity contribution >= 4 is 5.91 Å². The molecule has 0 bridgehead atoms. The molecule has 1 amide bonds. The topological polar surface area (TPSA) is 60.3 Å². The summed E-state index contributed by atoms with van der Waals surface area (Å²) in [7, 11) is 1.66. The molecule has 0 fully saturated rings. The molecular weight excluding hydrogens is 280 g/mol. The molecule has 1 atom stereocenters. The Hall–Kier alpha value is -1.69. The highest BCUT2D eigenvalue weighted by Gasteiger charge is 2.28. The smallest absolute Gasteiger partial charge is 0.249 e. The molecule has 1 aliphatic heterocycles. The average Bonchev–Trinajstić information content (AvgIpc) is 2.82. The highest BCUT2D eigenvalue weighted by Crippen LogP contribution is 2.22. The molecule has 3 rings (SSSR count). The maximum atomic E-state index is 12.8. The highest BCUT2D eigenvalue weighted by molar-refractivity contribution is 5.93. The fraction of sp³-hybridized carbons (Fsp3) is 0.688. The van der Waals surface area contributed by atoms with Gasteiger partial charge in [0.2, 0.25) is 5.91 Å². The second kappa shape index (κ2) is 6.60. The second-order valence-corrected chi connectivity index (χ2v) is 6.14. The van der Waals surface area contributed by atoms with Gasteiger partial charge in [0.1, 0.15) is 12.4 Å². The van der Waals surface area contributed by atoms with E-state index in [1.165, 1.54) is 6.42 Å². The summed E-state index contributed by atoms with van der Waals surface area (Å²) < 4.78 is 7.28. The van der Waals surface area contributed by atoms with E-state index >= 15 is 0 Å². The molecule has 1 aliphatic carbocycles.